The normalized spacial score (nSPS) is 10.2. The molecule has 0 rings (SSSR count). The van der Waals surface area contributed by atoms with Crippen molar-refractivity contribution in [1.82, 2.24) is 0 Å². The van der Waals surface area contributed by atoms with Crippen molar-refractivity contribution in [2.24, 2.45) is 0 Å². The summed E-state index contributed by atoms with van der Waals surface area (Å²) in [6.45, 7) is 2.21. The molecule has 0 bridgehead atoms. The fourth-order valence-electron chi connectivity index (χ4n) is 1.18. The number of carbonyl (C=O) groups excluding carboxylic acids is 1. The van der Waals surface area contributed by atoms with Gasteiger partial charge in [-0.1, -0.05) is 39.0 Å². The van der Waals surface area contributed by atoms with Gasteiger partial charge in [0.25, 0.3) is 0 Å². The summed E-state index contributed by atoms with van der Waals surface area (Å²) in [5.74, 6) is 0.698. The first kappa shape index (κ1) is 12.0. The van der Waals surface area contributed by atoms with Crippen molar-refractivity contribution in [2.45, 2.75) is 51.9 Å². The molecule has 0 aromatic rings. The number of hydrogen-bond donors (Lipinski definition) is 1. The predicted octanol–water partition coefficient (Wildman–Crippen LogP) is 3.24. The van der Waals surface area contributed by atoms with E-state index in [9.17, 15) is 4.79 Å². The molecular weight excluding hydrogens is 168 g/mol. The first-order valence-corrected chi connectivity index (χ1v) is 5.57. The Kier molecular flexibility index (Phi) is 9.13. The second kappa shape index (κ2) is 9.11. The van der Waals surface area contributed by atoms with Gasteiger partial charge in [-0.25, -0.2) is 0 Å². The average molecular weight is 188 g/mol. The molecule has 0 atom stereocenters. The van der Waals surface area contributed by atoms with E-state index in [1.54, 1.807) is 0 Å². The van der Waals surface area contributed by atoms with E-state index >= 15 is 0 Å². The number of unbranched alkanes of at least 4 members (excludes halogenated alkanes) is 5. The Hall–Kier alpha value is 0.0200. The summed E-state index contributed by atoms with van der Waals surface area (Å²) in [5, 5.41) is 0. The van der Waals surface area contributed by atoms with Crippen LogP contribution in [-0.4, -0.2) is 11.5 Å². The zero-order valence-corrected chi connectivity index (χ0v) is 8.91. The Balaban J connectivity index is 2.95. The number of ketones is 1. The molecule has 12 heavy (non-hydrogen) atoms. The molecule has 0 saturated heterocycles. The monoisotopic (exact) mass is 188 g/mol. The zero-order chi connectivity index (χ0) is 9.23. The van der Waals surface area contributed by atoms with Gasteiger partial charge in [-0.2, -0.15) is 12.6 Å². The molecule has 0 aliphatic heterocycles. The van der Waals surface area contributed by atoms with Crippen molar-refractivity contribution in [3.63, 3.8) is 0 Å². The van der Waals surface area contributed by atoms with Gasteiger partial charge in [-0.3, -0.25) is 4.79 Å². The van der Waals surface area contributed by atoms with E-state index in [2.05, 4.69) is 19.6 Å². The summed E-state index contributed by atoms with van der Waals surface area (Å²) >= 11 is 3.92. The Labute approximate surface area is 81.3 Å². The molecule has 0 aliphatic carbocycles. The van der Waals surface area contributed by atoms with E-state index in [-0.39, 0.29) is 5.78 Å². The first-order chi connectivity index (χ1) is 5.81. The van der Waals surface area contributed by atoms with Gasteiger partial charge >= 0.3 is 0 Å². The minimum absolute atomic E-state index is 0.286. The van der Waals surface area contributed by atoms with E-state index in [0.29, 0.717) is 5.75 Å². The van der Waals surface area contributed by atoms with Crippen molar-refractivity contribution < 1.29 is 4.79 Å². The van der Waals surface area contributed by atoms with Crippen LogP contribution in [0.15, 0.2) is 0 Å². The number of thiol groups is 1. The molecule has 0 heterocycles. The number of rotatable bonds is 8. The standard InChI is InChI=1S/C10H20OS/c1-2-3-4-5-6-7-8-10(11)9-12/h12H,2-9H2,1H3. The first-order valence-electron chi connectivity index (χ1n) is 4.93. The van der Waals surface area contributed by atoms with E-state index in [1.807, 2.05) is 0 Å². The highest BCUT2D eigenvalue weighted by Gasteiger charge is 1.97. The van der Waals surface area contributed by atoms with Crippen LogP contribution in [0.1, 0.15) is 51.9 Å². The Morgan fingerprint density at radius 1 is 1.08 bits per heavy atom. The average Bonchev–Trinajstić information content (AvgIpc) is 2.10. The molecule has 0 aromatic heterocycles. The fraction of sp³-hybridized carbons (Fsp3) is 0.900. The molecule has 1 nitrogen and oxygen atoms in total. The molecule has 0 fully saturated rings. The molecule has 0 N–H and O–H groups in total. The van der Waals surface area contributed by atoms with Crippen LogP contribution in [0.3, 0.4) is 0 Å². The lowest BCUT2D eigenvalue weighted by Gasteiger charge is -1.98. The van der Waals surface area contributed by atoms with Gasteiger partial charge < -0.3 is 0 Å². The molecule has 0 aromatic carbocycles. The van der Waals surface area contributed by atoms with Gasteiger partial charge in [0.05, 0.1) is 0 Å². The van der Waals surface area contributed by atoms with Crippen LogP contribution in [0.4, 0.5) is 0 Å². The maximum Gasteiger partial charge on any atom is 0.142 e. The van der Waals surface area contributed by atoms with Crippen LogP contribution in [-0.2, 0) is 4.79 Å². The summed E-state index contributed by atoms with van der Waals surface area (Å²) in [4.78, 5) is 10.8. The molecule has 0 radical (unpaired) electrons. The number of hydrogen-bond acceptors (Lipinski definition) is 2. The molecule has 0 saturated carbocycles. The largest absolute Gasteiger partial charge is 0.299 e. The van der Waals surface area contributed by atoms with Crippen LogP contribution in [0.25, 0.3) is 0 Å². The maximum atomic E-state index is 10.8. The van der Waals surface area contributed by atoms with Crippen LogP contribution >= 0.6 is 12.6 Å². The van der Waals surface area contributed by atoms with Gasteiger partial charge in [0.15, 0.2) is 0 Å². The van der Waals surface area contributed by atoms with Crippen LogP contribution < -0.4 is 0 Å². The molecule has 2 heteroatoms. The summed E-state index contributed by atoms with van der Waals surface area (Å²) in [7, 11) is 0. The Morgan fingerprint density at radius 2 is 1.67 bits per heavy atom. The highest BCUT2D eigenvalue weighted by Crippen LogP contribution is 2.07. The Bertz CT molecular complexity index is 112. The number of carbonyl (C=O) groups is 1. The molecule has 0 spiro atoms. The lowest BCUT2D eigenvalue weighted by Crippen LogP contribution is -1.98. The van der Waals surface area contributed by atoms with Crippen LogP contribution in [0.5, 0.6) is 0 Å². The summed E-state index contributed by atoms with van der Waals surface area (Å²) in [6.07, 6.45) is 8.23. The second-order valence-electron chi connectivity index (χ2n) is 3.21. The maximum absolute atomic E-state index is 10.8. The SMILES string of the molecule is CCCCCCCCC(=O)CS. The minimum Gasteiger partial charge on any atom is -0.299 e. The third-order valence-electron chi connectivity index (χ3n) is 1.99. The molecule has 72 valence electrons. The van der Waals surface area contributed by atoms with E-state index in [0.717, 1.165) is 12.8 Å². The summed E-state index contributed by atoms with van der Waals surface area (Å²) in [5.41, 5.74) is 0. The highest BCUT2D eigenvalue weighted by molar-refractivity contribution is 7.81. The van der Waals surface area contributed by atoms with Crippen molar-refractivity contribution in [3.05, 3.63) is 0 Å². The third kappa shape index (κ3) is 8.12. The fourth-order valence-corrected chi connectivity index (χ4v) is 1.34. The Morgan fingerprint density at radius 3 is 2.25 bits per heavy atom. The van der Waals surface area contributed by atoms with Crippen LogP contribution in [0, 0.1) is 0 Å². The van der Waals surface area contributed by atoms with E-state index in [1.165, 1.54) is 32.1 Å². The van der Waals surface area contributed by atoms with Gasteiger partial charge in [-0.05, 0) is 6.42 Å². The minimum atomic E-state index is 0.286. The lowest BCUT2D eigenvalue weighted by molar-refractivity contribution is -0.116. The van der Waals surface area contributed by atoms with Gasteiger partial charge in [0.1, 0.15) is 5.78 Å². The van der Waals surface area contributed by atoms with Gasteiger partial charge in [-0.15, -0.1) is 0 Å². The van der Waals surface area contributed by atoms with Gasteiger partial charge in [0.2, 0.25) is 0 Å². The van der Waals surface area contributed by atoms with E-state index < -0.39 is 0 Å². The van der Waals surface area contributed by atoms with Crippen molar-refractivity contribution in [1.29, 1.82) is 0 Å². The predicted molar refractivity (Wildman–Crippen MR) is 56.9 cm³/mol. The van der Waals surface area contributed by atoms with Crippen molar-refractivity contribution in [2.75, 3.05) is 5.75 Å². The lowest BCUT2D eigenvalue weighted by atomic mass is 10.1. The van der Waals surface area contributed by atoms with E-state index in [4.69, 9.17) is 0 Å². The second-order valence-corrected chi connectivity index (χ2v) is 3.53. The van der Waals surface area contributed by atoms with Crippen molar-refractivity contribution in [3.8, 4) is 0 Å². The third-order valence-corrected chi connectivity index (χ3v) is 2.34. The molecular formula is C10H20OS. The van der Waals surface area contributed by atoms with Crippen LogP contribution in [0.2, 0.25) is 0 Å². The number of Topliss-reactive ketones (excluding diaryl/α,β-unsaturated/α-hetero) is 1. The van der Waals surface area contributed by atoms with Gasteiger partial charge in [0, 0.05) is 12.2 Å². The topological polar surface area (TPSA) is 17.1 Å². The summed E-state index contributed by atoms with van der Waals surface area (Å²) in [6, 6.07) is 0. The molecule has 0 aliphatic rings. The zero-order valence-electron chi connectivity index (χ0n) is 8.01. The molecule has 0 unspecified atom stereocenters. The highest BCUT2D eigenvalue weighted by atomic mass is 32.1. The van der Waals surface area contributed by atoms with Crippen molar-refractivity contribution >= 4 is 18.4 Å². The molecule has 0 amide bonds. The smallest absolute Gasteiger partial charge is 0.142 e. The quantitative estimate of drug-likeness (QED) is 0.457. The summed E-state index contributed by atoms with van der Waals surface area (Å²) < 4.78 is 0.